The van der Waals surface area contributed by atoms with E-state index in [1.807, 2.05) is 5.38 Å². The van der Waals surface area contributed by atoms with E-state index in [-0.39, 0.29) is 0 Å². The number of rotatable bonds is 3. The maximum atomic E-state index is 12.2. The average Bonchev–Trinajstić information content (AvgIpc) is 2.78. The Balaban J connectivity index is 1.99. The first kappa shape index (κ1) is 11.8. The summed E-state index contributed by atoms with van der Waals surface area (Å²) in [5, 5.41) is 4.81. The zero-order valence-electron chi connectivity index (χ0n) is 8.53. The molecular formula is C10H8F3N3S. The lowest BCUT2D eigenvalue weighted by Gasteiger charge is -2.07. The lowest BCUT2D eigenvalue weighted by molar-refractivity contribution is -0.141. The number of halogens is 3. The van der Waals surface area contributed by atoms with Crippen LogP contribution >= 0.6 is 11.3 Å². The van der Waals surface area contributed by atoms with Gasteiger partial charge in [0.05, 0.1) is 29.6 Å². The molecule has 0 aliphatic carbocycles. The highest BCUT2D eigenvalue weighted by atomic mass is 32.1. The van der Waals surface area contributed by atoms with Crippen LogP contribution < -0.4 is 5.32 Å². The Hall–Kier alpha value is -1.63. The van der Waals surface area contributed by atoms with Crippen molar-refractivity contribution in [1.82, 2.24) is 9.97 Å². The molecule has 2 aromatic rings. The van der Waals surface area contributed by atoms with Crippen molar-refractivity contribution < 1.29 is 13.2 Å². The molecular weight excluding hydrogens is 251 g/mol. The van der Waals surface area contributed by atoms with Gasteiger partial charge in [-0.25, -0.2) is 9.97 Å². The molecule has 2 rings (SSSR count). The van der Waals surface area contributed by atoms with Crippen LogP contribution in [0.5, 0.6) is 0 Å². The molecule has 0 amide bonds. The molecule has 0 spiro atoms. The van der Waals surface area contributed by atoms with Gasteiger partial charge in [-0.3, -0.25) is 0 Å². The molecule has 0 saturated carbocycles. The van der Waals surface area contributed by atoms with E-state index in [1.54, 1.807) is 5.51 Å². The molecule has 1 N–H and O–H groups in total. The summed E-state index contributed by atoms with van der Waals surface area (Å²) in [6.45, 7) is 0.469. The van der Waals surface area contributed by atoms with Crippen LogP contribution in [-0.4, -0.2) is 9.97 Å². The lowest BCUT2D eigenvalue weighted by atomic mass is 10.3. The van der Waals surface area contributed by atoms with Gasteiger partial charge in [-0.15, -0.1) is 11.3 Å². The van der Waals surface area contributed by atoms with Gasteiger partial charge in [0.15, 0.2) is 0 Å². The number of alkyl halides is 3. The van der Waals surface area contributed by atoms with Crippen molar-refractivity contribution in [3.8, 4) is 0 Å². The minimum Gasteiger partial charge on any atom is -0.378 e. The highest BCUT2D eigenvalue weighted by Gasteiger charge is 2.31. The van der Waals surface area contributed by atoms with E-state index in [1.165, 1.54) is 17.4 Å². The third-order valence-corrected chi connectivity index (χ3v) is 2.65. The average molecular weight is 259 g/mol. The minimum absolute atomic E-state index is 0.469. The molecule has 0 aliphatic heterocycles. The minimum atomic E-state index is -4.40. The highest BCUT2D eigenvalue weighted by Crippen LogP contribution is 2.27. The Morgan fingerprint density at radius 2 is 2.06 bits per heavy atom. The van der Waals surface area contributed by atoms with Gasteiger partial charge in [0.1, 0.15) is 5.69 Å². The molecule has 0 fully saturated rings. The van der Waals surface area contributed by atoms with Gasteiger partial charge < -0.3 is 5.32 Å². The van der Waals surface area contributed by atoms with Gasteiger partial charge in [-0.1, -0.05) is 0 Å². The first-order chi connectivity index (χ1) is 8.05. The smallest absolute Gasteiger partial charge is 0.378 e. The van der Waals surface area contributed by atoms with Gasteiger partial charge in [-0.05, 0) is 12.1 Å². The predicted octanol–water partition coefficient (Wildman–Crippen LogP) is 3.17. The molecule has 0 radical (unpaired) electrons. The Morgan fingerprint density at radius 3 is 2.59 bits per heavy atom. The van der Waals surface area contributed by atoms with E-state index in [2.05, 4.69) is 15.3 Å². The van der Waals surface area contributed by atoms with Gasteiger partial charge in [0.2, 0.25) is 0 Å². The summed E-state index contributed by atoms with van der Waals surface area (Å²) in [4.78, 5) is 7.39. The fraction of sp³-hybridized carbons (Fsp3) is 0.200. The SMILES string of the molecule is FC(F)(F)c1ccc(NCc2cscn2)cn1. The number of thiazole rings is 1. The Labute approximate surface area is 99.3 Å². The van der Waals surface area contributed by atoms with E-state index in [4.69, 9.17) is 0 Å². The van der Waals surface area contributed by atoms with Gasteiger partial charge in [-0.2, -0.15) is 13.2 Å². The molecule has 0 atom stereocenters. The van der Waals surface area contributed by atoms with Gasteiger partial charge >= 0.3 is 6.18 Å². The highest BCUT2D eigenvalue weighted by molar-refractivity contribution is 7.07. The van der Waals surface area contributed by atoms with Gasteiger partial charge in [0, 0.05) is 5.38 Å². The number of anilines is 1. The van der Waals surface area contributed by atoms with Crippen molar-refractivity contribution >= 4 is 17.0 Å². The number of nitrogens with one attached hydrogen (secondary N) is 1. The van der Waals surface area contributed by atoms with E-state index in [9.17, 15) is 13.2 Å². The number of aromatic nitrogens is 2. The fourth-order valence-electron chi connectivity index (χ4n) is 1.18. The van der Waals surface area contributed by atoms with Crippen LogP contribution in [0.2, 0.25) is 0 Å². The summed E-state index contributed by atoms with van der Waals surface area (Å²) in [5.74, 6) is 0. The van der Waals surface area contributed by atoms with E-state index < -0.39 is 11.9 Å². The van der Waals surface area contributed by atoms with Crippen LogP contribution in [0.15, 0.2) is 29.2 Å². The third kappa shape index (κ3) is 3.16. The summed E-state index contributed by atoms with van der Waals surface area (Å²) < 4.78 is 36.7. The molecule has 0 aromatic carbocycles. The number of hydrogen-bond acceptors (Lipinski definition) is 4. The normalized spacial score (nSPS) is 11.5. The Bertz CT molecular complexity index is 465. The summed E-state index contributed by atoms with van der Waals surface area (Å²) in [6.07, 6.45) is -3.23. The maximum Gasteiger partial charge on any atom is 0.433 e. The van der Waals surface area contributed by atoms with Crippen molar-refractivity contribution in [2.45, 2.75) is 12.7 Å². The summed E-state index contributed by atoms with van der Waals surface area (Å²) >= 11 is 1.47. The summed E-state index contributed by atoms with van der Waals surface area (Å²) in [6, 6.07) is 2.30. The van der Waals surface area contributed by atoms with E-state index >= 15 is 0 Å². The van der Waals surface area contributed by atoms with Crippen molar-refractivity contribution in [2.75, 3.05) is 5.32 Å². The number of hydrogen-bond donors (Lipinski definition) is 1. The molecule has 0 unspecified atom stereocenters. The monoisotopic (exact) mass is 259 g/mol. The van der Waals surface area contributed by atoms with Crippen molar-refractivity contribution in [3.05, 3.63) is 40.6 Å². The molecule has 17 heavy (non-hydrogen) atoms. The molecule has 3 nitrogen and oxygen atoms in total. The summed E-state index contributed by atoms with van der Waals surface area (Å²) in [5.41, 5.74) is 2.18. The standard InChI is InChI=1S/C10H8F3N3S/c11-10(12,13)9-2-1-7(3-15-9)14-4-8-5-17-6-16-8/h1-3,5-6,14H,4H2. The second kappa shape index (κ2) is 4.70. The maximum absolute atomic E-state index is 12.2. The molecule has 7 heteroatoms. The van der Waals surface area contributed by atoms with Crippen LogP contribution in [0.25, 0.3) is 0 Å². The second-order valence-corrected chi connectivity index (χ2v) is 3.98. The van der Waals surface area contributed by atoms with Crippen LogP contribution in [0.4, 0.5) is 18.9 Å². The van der Waals surface area contributed by atoms with Crippen LogP contribution in [-0.2, 0) is 12.7 Å². The molecule has 0 aliphatic rings. The molecule has 0 bridgehead atoms. The Morgan fingerprint density at radius 1 is 1.24 bits per heavy atom. The first-order valence-electron chi connectivity index (χ1n) is 4.70. The number of nitrogens with zero attached hydrogens (tertiary/aromatic N) is 2. The number of pyridine rings is 1. The zero-order valence-corrected chi connectivity index (χ0v) is 9.35. The third-order valence-electron chi connectivity index (χ3n) is 2.01. The molecule has 90 valence electrons. The van der Waals surface area contributed by atoms with Crippen LogP contribution in [0, 0.1) is 0 Å². The van der Waals surface area contributed by atoms with Crippen molar-refractivity contribution in [2.24, 2.45) is 0 Å². The topological polar surface area (TPSA) is 37.8 Å². The predicted molar refractivity (Wildman–Crippen MR) is 58.7 cm³/mol. The first-order valence-corrected chi connectivity index (χ1v) is 5.64. The fourth-order valence-corrected chi connectivity index (χ4v) is 1.74. The Kier molecular flexibility index (Phi) is 3.28. The summed E-state index contributed by atoms with van der Waals surface area (Å²) in [7, 11) is 0. The van der Waals surface area contributed by atoms with E-state index in [0.29, 0.717) is 12.2 Å². The quantitative estimate of drug-likeness (QED) is 0.920. The van der Waals surface area contributed by atoms with Crippen LogP contribution in [0.3, 0.4) is 0 Å². The lowest BCUT2D eigenvalue weighted by Crippen LogP contribution is -2.08. The molecule has 2 aromatic heterocycles. The van der Waals surface area contributed by atoms with Crippen molar-refractivity contribution in [1.29, 1.82) is 0 Å². The van der Waals surface area contributed by atoms with Crippen molar-refractivity contribution in [3.63, 3.8) is 0 Å². The second-order valence-electron chi connectivity index (χ2n) is 3.26. The molecule has 2 heterocycles. The zero-order chi connectivity index (χ0) is 12.3. The van der Waals surface area contributed by atoms with E-state index in [0.717, 1.165) is 18.0 Å². The largest absolute Gasteiger partial charge is 0.433 e. The van der Waals surface area contributed by atoms with Crippen LogP contribution in [0.1, 0.15) is 11.4 Å². The molecule has 0 saturated heterocycles. The van der Waals surface area contributed by atoms with Gasteiger partial charge in [0.25, 0.3) is 0 Å².